The Balaban J connectivity index is 1.43. The van der Waals surface area contributed by atoms with Crippen LogP contribution in [-0.2, 0) is 28.9 Å². The molecule has 1 aliphatic rings. The van der Waals surface area contributed by atoms with Gasteiger partial charge in [-0.15, -0.1) is 21.5 Å². The van der Waals surface area contributed by atoms with Crippen molar-refractivity contribution in [1.29, 1.82) is 0 Å². The molecule has 0 radical (unpaired) electrons. The number of nitrogens with zero attached hydrogens (tertiary/aromatic N) is 3. The number of esters is 1. The maximum absolute atomic E-state index is 12.9. The number of carbonyl (C=O) groups excluding carboxylic acids is 2. The van der Waals surface area contributed by atoms with E-state index in [-0.39, 0.29) is 23.7 Å². The molecule has 4 rings (SSSR count). The topological polar surface area (TPSA) is 95.3 Å². The number of para-hydroxylation sites is 1. The zero-order chi connectivity index (χ0) is 24.8. The number of fused-ring (bicyclic) bond motifs is 1. The second-order valence-electron chi connectivity index (χ2n) is 8.13. The zero-order valence-corrected chi connectivity index (χ0v) is 21.8. The Morgan fingerprint density at radius 1 is 1.17 bits per heavy atom. The number of benzene rings is 1. The van der Waals surface area contributed by atoms with E-state index in [0.717, 1.165) is 37.0 Å². The summed E-state index contributed by atoms with van der Waals surface area (Å²) in [5.74, 6) is 1.05. The van der Waals surface area contributed by atoms with Crippen LogP contribution < -0.4 is 10.1 Å². The number of thiophene rings is 1. The third-order valence-electron chi connectivity index (χ3n) is 5.72. The maximum Gasteiger partial charge on any atom is 0.341 e. The molecule has 186 valence electrons. The van der Waals surface area contributed by atoms with E-state index >= 15 is 0 Å². The minimum Gasteiger partial charge on any atom is -0.483 e. The summed E-state index contributed by atoms with van der Waals surface area (Å²) in [6.45, 7) is 6.68. The monoisotopic (exact) mass is 514 g/mol. The van der Waals surface area contributed by atoms with Gasteiger partial charge in [-0.1, -0.05) is 30.0 Å². The van der Waals surface area contributed by atoms with E-state index in [2.05, 4.69) is 15.5 Å². The van der Waals surface area contributed by atoms with E-state index in [1.807, 2.05) is 48.7 Å². The fourth-order valence-corrected chi connectivity index (χ4v) is 6.23. The van der Waals surface area contributed by atoms with E-state index in [4.69, 9.17) is 9.47 Å². The average Bonchev–Trinajstić information content (AvgIpc) is 3.44. The van der Waals surface area contributed by atoms with Crippen LogP contribution in [-0.4, -0.2) is 39.0 Å². The molecule has 1 aliphatic carbocycles. The molecule has 3 aromatic rings. The predicted octanol–water partition coefficient (Wildman–Crippen LogP) is 5.29. The van der Waals surface area contributed by atoms with Crippen molar-refractivity contribution in [3.05, 3.63) is 52.2 Å². The molecule has 35 heavy (non-hydrogen) atoms. The van der Waals surface area contributed by atoms with Crippen molar-refractivity contribution in [3.8, 4) is 5.75 Å². The van der Waals surface area contributed by atoms with E-state index in [1.165, 1.54) is 28.0 Å². The van der Waals surface area contributed by atoms with Crippen LogP contribution in [0, 0.1) is 0 Å². The number of hydrogen-bond acceptors (Lipinski definition) is 8. The summed E-state index contributed by atoms with van der Waals surface area (Å²) in [7, 11) is 0. The molecule has 10 heteroatoms. The van der Waals surface area contributed by atoms with Gasteiger partial charge in [-0.2, -0.15) is 0 Å². The first-order chi connectivity index (χ1) is 17.0. The molecule has 0 unspecified atom stereocenters. The molecular formula is C25H30N4O4S2. The average molecular weight is 515 g/mol. The third kappa shape index (κ3) is 5.87. The Labute approximate surface area is 213 Å². The molecule has 1 N–H and O–H groups in total. The molecular weight excluding hydrogens is 484 g/mol. The van der Waals surface area contributed by atoms with Gasteiger partial charge in [0.25, 0.3) is 0 Å². The Kier molecular flexibility index (Phi) is 8.46. The Bertz CT molecular complexity index is 1180. The lowest BCUT2D eigenvalue weighted by Gasteiger charge is -2.15. The van der Waals surface area contributed by atoms with Crippen molar-refractivity contribution in [2.75, 3.05) is 17.7 Å². The molecule has 1 atom stereocenters. The normalized spacial score (nSPS) is 13.7. The minimum atomic E-state index is -0.363. The third-order valence-corrected chi connectivity index (χ3v) is 7.89. The van der Waals surface area contributed by atoms with Crippen molar-refractivity contribution in [3.63, 3.8) is 0 Å². The highest BCUT2D eigenvalue weighted by atomic mass is 32.2. The lowest BCUT2D eigenvalue weighted by atomic mass is 9.95. The summed E-state index contributed by atoms with van der Waals surface area (Å²) in [6, 6.07) is 9.58. The first-order valence-electron chi connectivity index (χ1n) is 11.9. The molecule has 0 spiro atoms. The van der Waals surface area contributed by atoms with Crippen molar-refractivity contribution >= 4 is 40.0 Å². The molecule has 2 heterocycles. The first kappa shape index (κ1) is 25.2. The fourth-order valence-electron chi connectivity index (χ4n) is 4.13. The van der Waals surface area contributed by atoms with Gasteiger partial charge in [0.2, 0.25) is 5.91 Å². The summed E-state index contributed by atoms with van der Waals surface area (Å²) in [6.07, 6.45) is 3.62. The van der Waals surface area contributed by atoms with Crippen LogP contribution in [0.2, 0.25) is 0 Å². The Morgan fingerprint density at radius 3 is 2.69 bits per heavy atom. The van der Waals surface area contributed by atoms with Gasteiger partial charge in [0.15, 0.2) is 17.1 Å². The van der Waals surface area contributed by atoms with E-state index in [1.54, 1.807) is 6.92 Å². The van der Waals surface area contributed by atoms with Gasteiger partial charge < -0.3 is 19.4 Å². The second-order valence-corrected chi connectivity index (χ2v) is 10.2. The largest absolute Gasteiger partial charge is 0.483 e. The molecule has 1 aromatic carbocycles. The van der Waals surface area contributed by atoms with Crippen LogP contribution in [0.3, 0.4) is 0 Å². The summed E-state index contributed by atoms with van der Waals surface area (Å²) in [5, 5.41) is 12.8. The highest BCUT2D eigenvalue weighted by Crippen LogP contribution is 2.38. The zero-order valence-electron chi connectivity index (χ0n) is 20.2. The molecule has 0 saturated carbocycles. The molecule has 1 amide bonds. The number of carbonyl (C=O) groups is 2. The molecule has 2 aromatic heterocycles. The molecule has 0 fully saturated rings. The number of rotatable bonds is 10. The number of thioether (sulfide) groups is 1. The number of anilines is 1. The molecule has 0 aliphatic heterocycles. The van der Waals surface area contributed by atoms with Crippen LogP contribution in [0.5, 0.6) is 5.75 Å². The van der Waals surface area contributed by atoms with Crippen LogP contribution in [0.25, 0.3) is 0 Å². The lowest BCUT2D eigenvalue weighted by molar-refractivity contribution is -0.113. The quantitative estimate of drug-likeness (QED) is 0.290. The smallest absolute Gasteiger partial charge is 0.341 e. The molecule has 8 nitrogen and oxygen atoms in total. The van der Waals surface area contributed by atoms with Crippen LogP contribution in [0.1, 0.15) is 66.3 Å². The van der Waals surface area contributed by atoms with Crippen molar-refractivity contribution in [2.45, 2.75) is 64.3 Å². The summed E-state index contributed by atoms with van der Waals surface area (Å²) < 4.78 is 13.2. The molecule has 0 saturated heterocycles. The van der Waals surface area contributed by atoms with Gasteiger partial charge in [0, 0.05) is 11.4 Å². The fraction of sp³-hybridized carbons (Fsp3) is 0.440. The van der Waals surface area contributed by atoms with Crippen LogP contribution in [0.15, 0.2) is 35.5 Å². The lowest BCUT2D eigenvalue weighted by Crippen LogP contribution is -2.17. The second kappa shape index (κ2) is 11.7. The van der Waals surface area contributed by atoms with E-state index in [9.17, 15) is 9.59 Å². The van der Waals surface area contributed by atoms with Gasteiger partial charge in [0.05, 0.1) is 17.9 Å². The highest BCUT2D eigenvalue weighted by Gasteiger charge is 2.27. The highest BCUT2D eigenvalue weighted by molar-refractivity contribution is 7.99. The van der Waals surface area contributed by atoms with Gasteiger partial charge in [-0.25, -0.2) is 4.79 Å². The van der Waals surface area contributed by atoms with Crippen molar-refractivity contribution in [1.82, 2.24) is 14.8 Å². The van der Waals surface area contributed by atoms with Gasteiger partial charge in [-0.05, 0) is 64.2 Å². The number of aromatic nitrogens is 3. The van der Waals surface area contributed by atoms with Gasteiger partial charge in [0.1, 0.15) is 10.8 Å². The van der Waals surface area contributed by atoms with Gasteiger partial charge >= 0.3 is 5.97 Å². The Hall–Kier alpha value is -2.85. The summed E-state index contributed by atoms with van der Waals surface area (Å²) in [5.41, 5.74) is 1.56. The van der Waals surface area contributed by atoms with Crippen molar-refractivity contribution in [2.24, 2.45) is 0 Å². The number of hydrogen-bond donors (Lipinski definition) is 1. The number of amides is 1. The van der Waals surface area contributed by atoms with Gasteiger partial charge in [-0.3, -0.25) is 4.79 Å². The first-order valence-corrected chi connectivity index (χ1v) is 13.7. The number of aryl methyl sites for hydroxylation is 1. The van der Waals surface area contributed by atoms with E-state index < -0.39 is 0 Å². The van der Waals surface area contributed by atoms with Crippen LogP contribution >= 0.6 is 23.1 Å². The van der Waals surface area contributed by atoms with E-state index in [0.29, 0.717) is 34.7 Å². The number of ether oxygens (including phenoxy) is 2. The predicted molar refractivity (Wildman–Crippen MR) is 137 cm³/mol. The summed E-state index contributed by atoms with van der Waals surface area (Å²) >= 11 is 2.80. The minimum absolute atomic E-state index is 0.150. The Morgan fingerprint density at radius 2 is 1.94 bits per heavy atom. The van der Waals surface area contributed by atoms with Crippen molar-refractivity contribution < 1.29 is 19.1 Å². The standard InChI is InChI=1S/C25H30N4O4S2/c1-4-29-22(16(3)33-17-11-7-6-8-12-17)27-28-25(29)34-15-20(30)26-23-21(24(31)32-5-2)18-13-9-10-14-19(18)35-23/h6-8,11-12,16H,4-5,9-10,13-15H2,1-3H3,(H,26,30)/t16-/m0/s1. The maximum atomic E-state index is 12.9. The summed E-state index contributed by atoms with van der Waals surface area (Å²) in [4.78, 5) is 26.7. The van der Waals surface area contributed by atoms with Crippen LogP contribution in [0.4, 0.5) is 5.00 Å². The molecule has 0 bridgehead atoms. The SMILES string of the molecule is CCOC(=O)c1c(NC(=O)CSc2nnc([C@H](C)Oc3ccccc3)n2CC)sc2c1CCCC2. The number of nitrogens with one attached hydrogen (secondary N) is 1.